The molecule has 2 saturated heterocycles. The average molecular weight is 409 g/mol. The number of carbonyl (C=O) groups excluding carboxylic acids is 1. The summed E-state index contributed by atoms with van der Waals surface area (Å²) in [6.45, 7) is 1.77. The number of amides is 1. The minimum Gasteiger partial charge on any atom is -0.388 e. The standard InChI is InChI=1S/C19H18F3N3O4/c1-8-6-9(2-4-23-8)12-13(17-15(27)14(26)16(12)29-17)18(28)25-10-3-5-24-11(7-10)19(20,21)22/h2-7,12-17,26-27H,1H3,(H,24,25,28)/t12-,13-,14+,15-,16-,17+/m1/s1. The number of fused-ring (bicyclic) bond motifs is 2. The molecule has 0 saturated carbocycles. The molecule has 154 valence electrons. The molecule has 2 aliphatic heterocycles. The van der Waals surface area contributed by atoms with E-state index in [1.54, 1.807) is 25.3 Å². The predicted molar refractivity (Wildman–Crippen MR) is 93.7 cm³/mol. The minimum atomic E-state index is -4.65. The van der Waals surface area contributed by atoms with E-state index in [9.17, 15) is 28.2 Å². The molecule has 2 aliphatic rings. The zero-order valence-electron chi connectivity index (χ0n) is 15.2. The predicted octanol–water partition coefficient (Wildman–Crippen LogP) is 1.65. The normalized spacial score (nSPS) is 31.1. The van der Waals surface area contributed by atoms with Crippen molar-refractivity contribution in [2.24, 2.45) is 5.92 Å². The maximum atomic E-state index is 13.0. The van der Waals surface area contributed by atoms with Crippen molar-refractivity contribution in [3.63, 3.8) is 0 Å². The number of pyridine rings is 2. The first-order valence-corrected chi connectivity index (χ1v) is 8.95. The molecule has 3 N–H and O–H groups in total. The summed E-state index contributed by atoms with van der Waals surface area (Å²) in [6, 6.07) is 5.43. The Hall–Kier alpha value is -2.56. The number of aromatic nitrogens is 2. The van der Waals surface area contributed by atoms with Crippen molar-refractivity contribution < 1.29 is 32.9 Å². The van der Waals surface area contributed by atoms with Gasteiger partial charge in [-0.1, -0.05) is 0 Å². The molecule has 0 aromatic carbocycles. The SMILES string of the molecule is Cc1cc([C@H]2[C@H]3O[C@H]([C@H](O)[C@@H]3O)[C@@H]2C(=O)Nc2ccnc(C(F)(F)F)c2)ccn1. The number of hydrogen-bond acceptors (Lipinski definition) is 6. The van der Waals surface area contributed by atoms with Gasteiger partial charge < -0.3 is 20.3 Å². The number of ether oxygens (including phenoxy) is 1. The summed E-state index contributed by atoms with van der Waals surface area (Å²) in [6.07, 6.45) is -6.34. The lowest BCUT2D eigenvalue weighted by atomic mass is 9.72. The van der Waals surface area contributed by atoms with Gasteiger partial charge in [0.1, 0.15) is 17.9 Å². The maximum Gasteiger partial charge on any atom is 0.433 e. The number of alkyl halides is 3. The molecule has 2 bridgehead atoms. The summed E-state index contributed by atoms with van der Waals surface area (Å²) in [5.41, 5.74) is 0.196. The molecule has 29 heavy (non-hydrogen) atoms. The molecule has 0 spiro atoms. The molecule has 2 aromatic heterocycles. The van der Waals surface area contributed by atoms with E-state index in [-0.39, 0.29) is 5.69 Å². The fourth-order valence-electron chi connectivity index (χ4n) is 4.11. The van der Waals surface area contributed by atoms with Gasteiger partial charge in [-0.05, 0) is 36.8 Å². The summed E-state index contributed by atoms with van der Waals surface area (Å²) in [5, 5.41) is 22.9. The van der Waals surface area contributed by atoms with Crippen LogP contribution in [0.2, 0.25) is 0 Å². The molecular formula is C19H18F3N3O4. The van der Waals surface area contributed by atoms with E-state index >= 15 is 0 Å². The molecule has 1 amide bonds. The average Bonchev–Trinajstić information content (AvgIpc) is 3.18. The van der Waals surface area contributed by atoms with Gasteiger partial charge in [-0.15, -0.1) is 0 Å². The molecule has 4 rings (SSSR count). The first-order chi connectivity index (χ1) is 13.7. The molecule has 6 atom stereocenters. The molecule has 0 aliphatic carbocycles. The number of rotatable bonds is 3. The largest absolute Gasteiger partial charge is 0.433 e. The quantitative estimate of drug-likeness (QED) is 0.712. The lowest BCUT2D eigenvalue weighted by molar-refractivity contribution is -0.141. The van der Waals surface area contributed by atoms with E-state index in [1.807, 2.05) is 0 Å². The van der Waals surface area contributed by atoms with Crippen molar-refractivity contribution in [2.45, 2.75) is 43.4 Å². The third kappa shape index (κ3) is 3.47. The van der Waals surface area contributed by atoms with Crippen LogP contribution in [0.25, 0.3) is 0 Å². The number of halogens is 3. The van der Waals surface area contributed by atoms with Crippen molar-refractivity contribution >= 4 is 11.6 Å². The lowest BCUT2D eigenvalue weighted by Gasteiger charge is -2.33. The summed E-state index contributed by atoms with van der Waals surface area (Å²) < 4.78 is 44.3. The fourth-order valence-corrected chi connectivity index (χ4v) is 4.11. The zero-order valence-corrected chi connectivity index (χ0v) is 15.2. The summed E-state index contributed by atoms with van der Waals surface area (Å²) in [5.74, 6) is -2.09. The number of aryl methyl sites for hydroxylation is 1. The Morgan fingerprint density at radius 2 is 1.79 bits per heavy atom. The van der Waals surface area contributed by atoms with Crippen molar-refractivity contribution in [2.75, 3.05) is 5.32 Å². The first kappa shape index (κ1) is 19.7. The fraction of sp³-hybridized carbons (Fsp3) is 0.421. The number of aliphatic hydroxyl groups excluding tert-OH is 2. The van der Waals surface area contributed by atoms with Crippen molar-refractivity contribution in [3.8, 4) is 0 Å². The van der Waals surface area contributed by atoms with Crippen LogP contribution in [0.3, 0.4) is 0 Å². The van der Waals surface area contributed by atoms with Crippen LogP contribution in [0, 0.1) is 12.8 Å². The van der Waals surface area contributed by atoms with Gasteiger partial charge in [0.25, 0.3) is 0 Å². The smallest absolute Gasteiger partial charge is 0.388 e. The van der Waals surface area contributed by atoms with E-state index in [1.165, 1.54) is 6.07 Å². The maximum absolute atomic E-state index is 13.0. The number of nitrogens with one attached hydrogen (secondary N) is 1. The number of hydrogen-bond donors (Lipinski definition) is 3. The number of anilines is 1. The Labute approximate surface area is 163 Å². The first-order valence-electron chi connectivity index (χ1n) is 8.95. The van der Waals surface area contributed by atoms with Gasteiger partial charge in [0, 0.05) is 29.7 Å². The highest BCUT2D eigenvalue weighted by atomic mass is 19.4. The van der Waals surface area contributed by atoms with E-state index in [0.29, 0.717) is 11.3 Å². The molecule has 0 unspecified atom stereocenters. The molecule has 2 aromatic rings. The Morgan fingerprint density at radius 3 is 2.48 bits per heavy atom. The molecule has 4 heterocycles. The topological polar surface area (TPSA) is 105 Å². The summed E-state index contributed by atoms with van der Waals surface area (Å²) in [7, 11) is 0. The lowest BCUT2D eigenvalue weighted by Crippen LogP contribution is -2.49. The van der Waals surface area contributed by atoms with E-state index in [2.05, 4.69) is 15.3 Å². The molecular weight excluding hydrogens is 391 g/mol. The minimum absolute atomic E-state index is 0.0696. The second kappa shape index (κ2) is 7.05. The zero-order chi connectivity index (χ0) is 20.9. The Kier molecular flexibility index (Phi) is 4.80. The van der Waals surface area contributed by atoms with Gasteiger partial charge in [-0.25, -0.2) is 0 Å². The third-order valence-electron chi connectivity index (χ3n) is 5.36. The number of nitrogens with zero attached hydrogens (tertiary/aromatic N) is 2. The van der Waals surface area contributed by atoms with Gasteiger partial charge in [-0.2, -0.15) is 13.2 Å². The highest BCUT2D eigenvalue weighted by molar-refractivity contribution is 5.94. The Morgan fingerprint density at radius 1 is 1.10 bits per heavy atom. The van der Waals surface area contributed by atoms with Crippen molar-refractivity contribution in [1.82, 2.24) is 9.97 Å². The molecule has 2 fully saturated rings. The van der Waals surface area contributed by atoms with Crippen LogP contribution in [0.15, 0.2) is 36.7 Å². The van der Waals surface area contributed by atoms with E-state index in [0.717, 1.165) is 12.3 Å². The van der Waals surface area contributed by atoms with Crippen LogP contribution < -0.4 is 5.32 Å². The molecule has 10 heteroatoms. The molecule has 7 nitrogen and oxygen atoms in total. The Bertz CT molecular complexity index is 939. The third-order valence-corrected chi connectivity index (χ3v) is 5.36. The Balaban J connectivity index is 1.64. The van der Waals surface area contributed by atoms with Crippen LogP contribution in [0.5, 0.6) is 0 Å². The highest BCUT2D eigenvalue weighted by Crippen LogP contribution is 2.49. The van der Waals surface area contributed by atoms with Gasteiger partial charge in [0.15, 0.2) is 0 Å². The molecule has 0 radical (unpaired) electrons. The van der Waals surface area contributed by atoms with Crippen molar-refractivity contribution in [1.29, 1.82) is 0 Å². The van der Waals surface area contributed by atoms with E-state index in [4.69, 9.17) is 4.74 Å². The number of carbonyl (C=O) groups is 1. The van der Waals surface area contributed by atoms with Crippen LogP contribution in [0.1, 0.15) is 22.9 Å². The highest BCUT2D eigenvalue weighted by Gasteiger charge is 2.61. The van der Waals surface area contributed by atoms with Crippen molar-refractivity contribution in [3.05, 3.63) is 53.6 Å². The monoisotopic (exact) mass is 409 g/mol. The van der Waals surface area contributed by atoms with Gasteiger partial charge >= 0.3 is 6.18 Å². The summed E-state index contributed by atoms with van der Waals surface area (Å²) in [4.78, 5) is 20.4. The number of aliphatic hydroxyl groups is 2. The van der Waals surface area contributed by atoms with Gasteiger partial charge in [0.05, 0.1) is 18.1 Å². The van der Waals surface area contributed by atoms with Crippen LogP contribution in [0.4, 0.5) is 18.9 Å². The van der Waals surface area contributed by atoms with Gasteiger partial charge in [0.2, 0.25) is 5.91 Å². The van der Waals surface area contributed by atoms with Gasteiger partial charge in [-0.3, -0.25) is 14.8 Å². The van der Waals surface area contributed by atoms with Crippen LogP contribution in [-0.4, -0.2) is 50.5 Å². The van der Waals surface area contributed by atoms with Crippen LogP contribution >= 0.6 is 0 Å². The second-order valence-corrected chi connectivity index (χ2v) is 7.25. The second-order valence-electron chi connectivity index (χ2n) is 7.25. The summed E-state index contributed by atoms with van der Waals surface area (Å²) >= 11 is 0. The van der Waals surface area contributed by atoms with E-state index < -0.39 is 54.0 Å². The van der Waals surface area contributed by atoms with Crippen LogP contribution in [-0.2, 0) is 15.7 Å².